The molecule has 0 aliphatic carbocycles. The predicted molar refractivity (Wildman–Crippen MR) is 40.2 cm³/mol. The third kappa shape index (κ3) is 2.01. The van der Waals surface area contributed by atoms with Crippen molar-refractivity contribution in [2.24, 2.45) is 0 Å². The molecule has 0 bridgehead atoms. The van der Waals surface area contributed by atoms with Gasteiger partial charge in [0.2, 0.25) is 0 Å². The number of aldehydes is 1. The fraction of sp³-hybridized carbons (Fsp3) is 0.875. The standard InChI is InChI=1S/C8H14O3/c1-2-3-8(4-5-9)10-6-7-11-8/h5H,2-4,6-7H2,1H3. The van der Waals surface area contributed by atoms with Crippen LogP contribution in [0.4, 0.5) is 0 Å². The maximum atomic E-state index is 10.3. The maximum Gasteiger partial charge on any atom is 0.175 e. The zero-order valence-electron chi connectivity index (χ0n) is 6.84. The average Bonchev–Trinajstić information content (AvgIpc) is 2.39. The normalized spacial score (nSPS) is 21.9. The van der Waals surface area contributed by atoms with Crippen molar-refractivity contribution in [3.8, 4) is 0 Å². The van der Waals surface area contributed by atoms with Crippen LogP contribution < -0.4 is 0 Å². The van der Waals surface area contributed by atoms with Gasteiger partial charge in [-0.25, -0.2) is 0 Å². The van der Waals surface area contributed by atoms with Crippen molar-refractivity contribution in [2.75, 3.05) is 13.2 Å². The first-order chi connectivity index (χ1) is 5.33. The fourth-order valence-electron chi connectivity index (χ4n) is 1.37. The minimum Gasteiger partial charge on any atom is -0.347 e. The summed E-state index contributed by atoms with van der Waals surface area (Å²) in [6.07, 6.45) is 3.02. The van der Waals surface area contributed by atoms with E-state index in [1.54, 1.807) is 0 Å². The van der Waals surface area contributed by atoms with Gasteiger partial charge in [-0.3, -0.25) is 0 Å². The molecular formula is C8H14O3. The van der Waals surface area contributed by atoms with Gasteiger partial charge >= 0.3 is 0 Å². The van der Waals surface area contributed by atoms with Crippen LogP contribution in [0, 0.1) is 0 Å². The van der Waals surface area contributed by atoms with Gasteiger partial charge in [-0.1, -0.05) is 13.3 Å². The molecule has 0 aromatic carbocycles. The van der Waals surface area contributed by atoms with Gasteiger partial charge in [-0.05, 0) is 0 Å². The number of carbonyl (C=O) groups excluding carboxylic acids is 1. The van der Waals surface area contributed by atoms with Crippen LogP contribution >= 0.6 is 0 Å². The van der Waals surface area contributed by atoms with Gasteiger partial charge in [0.25, 0.3) is 0 Å². The van der Waals surface area contributed by atoms with Crippen molar-refractivity contribution < 1.29 is 14.3 Å². The number of rotatable bonds is 4. The SMILES string of the molecule is CCCC1(CC=O)OCCO1. The molecule has 64 valence electrons. The van der Waals surface area contributed by atoms with Gasteiger partial charge in [0.1, 0.15) is 6.29 Å². The molecule has 0 N–H and O–H groups in total. The number of ether oxygens (including phenoxy) is 2. The molecule has 3 nitrogen and oxygen atoms in total. The van der Waals surface area contributed by atoms with Crippen LogP contribution in [-0.4, -0.2) is 25.3 Å². The second kappa shape index (κ2) is 3.83. The second-order valence-corrected chi connectivity index (χ2v) is 2.73. The topological polar surface area (TPSA) is 35.5 Å². The van der Waals surface area contributed by atoms with E-state index in [9.17, 15) is 4.79 Å². The van der Waals surface area contributed by atoms with Crippen LogP contribution in [0.3, 0.4) is 0 Å². The molecule has 0 unspecified atom stereocenters. The van der Waals surface area contributed by atoms with Gasteiger partial charge in [-0.15, -0.1) is 0 Å². The van der Waals surface area contributed by atoms with E-state index in [0.29, 0.717) is 19.6 Å². The summed E-state index contributed by atoms with van der Waals surface area (Å²) in [7, 11) is 0. The van der Waals surface area contributed by atoms with E-state index in [0.717, 1.165) is 19.1 Å². The third-order valence-electron chi connectivity index (χ3n) is 1.84. The van der Waals surface area contributed by atoms with Gasteiger partial charge in [0, 0.05) is 6.42 Å². The Morgan fingerprint density at radius 2 is 2.09 bits per heavy atom. The first kappa shape index (κ1) is 8.68. The van der Waals surface area contributed by atoms with Gasteiger partial charge < -0.3 is 14.3 Å². The number of hydrogen-bond donors (Lipinski definition) is 0. The summed E-state index contributed by atoms with van der Waals surface area (Å²) >= 11 is 0. The van der Waals surface area contributed by atoms with Crippen LogP contribution in [0.15, 0.2) is 0 Å². The Balaban J connectivity index is 2.46. The molecule has 0 saturated carbocycles. The molecule has 1 rings (SSSR count). The summed E-state index contributed by atoms with van der Waals surface area (Å²) in [4.78, 5) is 10.3. The summed E-state index contributed by atoms with van der Waals surface area (Å²) in [5.41, 5.74) is 0. The first-order valence-electron chi connectivity index (χ1n) is 4.04. The Labute approximate surface area is 66.7 Å². The summed E-state index contributed by atoms with van der Waals surface area (Å²) < 4.78 is 10.7. The summed E-state index contributed by atoms with van der Waals surface area (Å²) in [6.45, 7) is 3.29. The molecule has 0 radical (unpaired) electrons. The molecule has 1 fully saturated rings. The molecular weight excluding hydrogens is 144 g/mol. The highest BCUT2D eigenvalue weighted by molar-refractivity contribution is 5.50. The van der Waals surface area contributed by atoms with Crippen LogP contribution in [0.25, 0.3) is 0 Å². The summed E-state index contributed by atoms with van der Waals surface area (Å²) in [5, 5.41) is 0. The highest BCUT2D eigenvalue weighted by Crippen LogP contribution is 2.27. The van der Waals surface area contributed by atoms with Crippen molar-refractivity contribution in [3.63, 3.8) is 0 Å². The van der Waals surface area contributed by atoms with Crippen molar-refractivity contribution in [1.29, 1.82) is 0 Å². The lowest BCUT2D eigenvalue weighted by molar-refractivity contribution is -0.167. The number of hydrogen-bond acceptors (Lipinski definition) is 3. The fourth-order valence-corrected chi connectivity index (χ4v) is 1.37. The Kier molecular flexibility index (Phi) is 3.02. The van der Waals surface area contributed by atoms with E-state index in [2.05, 4.69) is 6.92 Å². The highest BCUT2D eigenvalue weighted by atomic mass is 16.7. The molecule has 0 spiro atoms. The Hall–Kier alpha value is -0.410. The lowest BCUT2D eigenvalue weighted by atomic mass is 10.1. The van der Waals surface area contributed by atoms with E-state index in [4.69, 9.17) is 9.47 Å². The van der Waals surface area contributed by atoms with E-state index in [1.165, 1.54) is 0 Å². The molecule has 0 aromatic rings. The third-order valence-corrected chi connectivity index (χ3v) is 1.84. The highest BCUT2D eigenvalue weighted by Gasteiger charge is 2.34. The Bertz CT molecular complexity index is 127. The molecule has 1 heterocycles. The Morgan fingerprint density at radius 3 is 2.55 bits per heavy atom. The van der Waals surface area contributed by atoms with E-state index < -0.39 is 5.79 Å². The minimum absolute atomic E-state index is 0.362. The molecule has 1 saturated heterocycles. The zero-order valence-corrected chi connectivity index (χ0v) is 6.84. The smallest absolute Gasteiger partial charge is 0.175 e. The van der Waals surface area contributed by atoms with Crippen molar-refractivity contribution >= 4 is 6.29 Å². The lowest BCUT2D eigenvalue weighted by Crippen LogP contribution is -2.30. The molecule has 3 heteroatoms. The van der Waals surface area contributed by atoms with Crippen LogP contribution in [0.2, 0.25) is 0 Å². The summed E-state index contributed by atoms with van der Waals surface area (Å²) in [5.74, 6) is -0.573. The molecule has 11 heavy (non-hydrogen) atoms. The quantitative estimate of drug-likeness (QED) is 0.575. The maximum absolute atomic E-state index is 10.3. The molecule has 0 aromatic heterocycles. The Morgan fingerprint density at radius 1 is 1.45 bits per heavy atom. The van der Waals surface area contributed by atoms with Crippen molar-refractivity contribution in [1.82, 2.24) is 0 Å². The van der Waals surface area contributed by atoms with Gasteiger partial charge in [0.15, 0.2) is 5.79 Å². The van der Waals surface area contributed by atoms with E-state index in [-0.39, 0.29) is 0 Å². The summed E-state index contributed by atoms with van der Waals surface area (Å²) in [6, 6.07) is 0. The minimum atomic E-state index is -0.573. The van der Waals surface area contributed by atoms with Crippen molar-refractivity contribution in [3.05, 3.63) is 0 Å². The van der Waals surface area contributed by atoms with E-state index >= 15 is 0 Å². The van der Waals surface area contributed by atoms with Crippen molar-refractivity contribution in [2.45, 2.75) is 32.0 Å². The zero-order chi connectivity index (χ0) is 8.16. The lowest BCUT2D eigenvalue weighted by Gasteiger charge is -2.24. The molecule has 1 aliphatic rings. The average molecular weight is 158 g/mol. The van der Waals surface area contributed by atoms with E-state index in [1.807, 2.05) is 0 Å². The first-order valence-corrected chi connectivity index (χ1v) is 4.04. The molecule has 1 aliphatic heterocycles. The molecule has 0 amide bonds. The van der Waals surface area contributed by atoms with Gasteiger partial charge in [0.05, 0.1) is 19.6 Å². The van der Waals surface area contributed by atoms with Gasteiger partial charge in [-0.2, -0.15) is 0 Å². The predicted octanol–water partition coefficient (Wildman–Crippen LogP) is 1.12. The van der Waals surface area contributed by atoms with Crippen LogP contribution in [-0.2, 0) is 14.3 Å². The van der Waals surface area contributed by atoms with Crippen LogP contribution in [0.5, 0.6) is 0 Å². The van der Waals surface area contributed by atoms with Crippen LogP contribution in [0.1, 0.15) is 26.2 Å². The second-order valence-electron chi connectivity index (χ2n) is 2.73. The monoisotopic (exact) mass is 158 g/mol. The molecule has 0 atom stereocenters. The number of carbonyl (C=O) groups is 1. The largest absolute Gasteiger partial charge is 0.347 e.